The van der Waals surface area contributed by atoms with E-state index in [1.165, 1.54) is 0 Å². The summed E-state index contributed by atoms with van der Waals surface area (Å²) >= 11 is 0. The highest BCUT2D eigenvalue weighted by atomic mass is 16.6. The predicted octanol–water partition coefficient (Wildman–Crippen LogP) is 1.03. The molecule has 1 N–H and O–H groups in total. The summed E-state index contributed by atoms with van der Waals surface area (Å²) in [5.74, 6) is -0.208. The molecule has 1 aliphatic rings. The van der Waals surface area contributed by atoms with Crippen LogP contribution in [-0.4, -0.2) is 41.6 Å². The van der Waals surface area contributed by atoms with E-state index in [-0.39, 0.29) is 24.0 Å². The molecule has 1 fully saturated rings. The second-order valence-electron chi connectivity index (χ2n) is 5.37. The molecule has 6 nitrogen and oxygen atoms in total. The Bertz CT molecular complexity index is 368. The summed E-state index contributed by atoms with van der Waals surface area (Å²) < 4.78 is 5.22. The maximum Gasteiger partial charge on any atom is 0.407 e. The SMILES string of the molecule is CC(C)(C)NC(=O)OC1CCN(C(=O)CC#N)C1. The van der Waals surface area contributed by atoms with E-state index in [1.807, 2.05) is 26.8 Å². The average molecular weight is 253 g/mol. The Morgan fingerprint density at radius 3 is 2.72 bits per heavy atom. The molecule has 0 aromatic heterocycles. The Labute approximate surface area is 107 Å². The van der Waals surface area contributed by atoms with Crippen LogP contribution in [0, 0.1) is 11.3 Å². The van der Waals surface area contributed by atoms with Gasteiger partial charge in [0, 0.05) is 18.5 Å². The van der Waals surface area contributed by atoms with Gasteiger partial charge >= 0.3 is 6.09 Å². The summed E-state index contributed by atoms with van der Waals surface area (Å²) in [6.45, 7) is 6.51. The summed E-state index contributed by atoms with van der Waals surface area (Å²) in [7, 11) is 0. The highest BCUT2D eigenvalue weighted by Gasteiger charge is 2.29. The molecule has 6 heteroatoms. The van der Waals surface area contributed by atoms with E-state index in [0.717, 1.165) is 0 Å². The number of hydrogen-bond acceptors (Lipinski definition) is 4. The molecule has 0 spiro atoms. The van der Waals surface area contributed by atoms with Crippen LogP contribution >= 0.6 is 0 Å². The number of nitrogens with zero attached hydrogens (tertiary/aromatic N) is 2. The fourth-order valence-corrected chi connectivity index (χ4v) is 1.72. The Kier molecular flexibility index (Phi) is 4.54. The molecule has 2 amide bonds. The molecule has 100 valence electrons. The van der Waals surface area contributed by atoms with Crippen molar-refractivity contribution in [2.75, 3.05) is 13.1 Å². The van der Waals surface area contributed by atoms with E-state index in [2.05, 4.69) is 5.32 Å². The van der Waals surface area contributed by atoms with Gasteiger partial charge < -0.3 is 15.0 Å². The van der Waals surface area contributed by atoms with Crippen LogP contribution in [0.1, 0.15) is 33.6 Å². The number of carbonyl (C=O) groups is 2. The van der Waals surface area contributed by atoms with Gasteiger partial charge in [-0.2, -0.15) is 5.26 Å². The van der Waals surface area contributed by atoms with E-state index in [9.17, 15) is 9.59 Å². The number of rotatable bonds is 2. The highest BCUT2D eigenvalue weighted by molar-refractivity contribution is 5.78. The zero-order chi connectivity index (χ0) is 13.8. The largest absolute Gasteiger partial charge is 0.444 e. The number of likely N-dealkylation sites (tertiary alicyclic amines) is 1. The number of nitrogens with one attached hydrogen (secondary N) is 1. The topological polar surface area (TPSA) is 82.4 Å². The summed E-state index contributed by atoms with van der Waals surface area (Å²) in [5, 5.41) is 11.1. The quantitative estimate of drug-likeness (QED) is 0.796. The van der Waals surface area contributed by atoms with Crippen LogP contribution in [0.2, 0.25) is 0 Å². The van der Waals surface area contributed by atoms with Gasteiger partial charge in [0.1, 0.15) is 12.5 Å². The zero-order valence-electron chi connectivity index (χ0n) is 11.0. The van der Waals surface area contributed by atoms with Gasteiger partial charge in [0.15, 0.2) is 0 Å². The number of nitriles is 1. The van der Waals surface area contributed by atoms with Crippen molar-refractivity contribution in [3.63, 3.8) is 0 Å². The third-order valence-electron chi connectivity index (χ3n) is 2.48. The van der Waals surface area contributed by atoms with Crippen molar-refractivity contribution >= 4 is 12.0 Å². The third-order valence-corrected chi connectivity index (χ3v) is 2.48. The number of alkyl carbamates (subject to hydrolysis) is 1. The van der Waals surface area contributed by atoms with Gasteiger partial charge in [-0.25, -0.2) is 4.79 Å². The van der Waals surface area contributed by atoms with Crippen molar-refractivity contribution in [2.24, 2.45) is 0 Å². The zero-order valence-corrected chi connectivity index (χ0v) is 11.0. The Morgan fingerprint density at radius 2 is 2.17 bits per heavy atom. The van der Waals surface area contributed by atoms with Crippen LogP contribution in [0.15, 0.2) is 0 Å². The first-order chi connectivity index (χ1) is 8.31. The molecule has 0 aromatic rings. The van der Waals surface area contributed by atoms with Crippen molar-refractivity contribution in [1.29, 1.82) is 5.26 Å². The van der Waals surface area contributed by atoms with Crippen LogP contribution in [0.4, 0.5) is 4.79 Å². The van der Waals surface area contributed by atoms with Crippen molar-refractivity contribution in [1.82, 2.24) is 10.2 Å². The monoisotopic (exact) mass is 253 g/mol. The standard InChI is InChI=1S/C12H19N3O3/c1-12(2,3)14-11(17)18-9-5-7-15(8-9)10(16)4-6-13/h9H,4-5,7-8H2,1-3H3,(H,14,17). The Morgan fingerprint density at radius 1 is 1.50 bits per heavy atom. The molecule has 1 unspecified atom stereocenters. The first-order valence-corrected chi connectivity index (χ1v) is 5.95. The minimum absolute atomic E-state index is 0.124. The second-order valence-corrected chi connectivity index (χ2v) is 5.37. The van der Waals surface area contributed by atoms with Crippen molar-refractivity contribution in [3.8, 4) is 6.07 Å². The third kappa shape index (κ3) is 4.62. The molecule has 1 heterocycles. The molecule has 0 aromatic carbocycles. The Balaban J connectivity index is 2.37. The number of ether oxygens (including phenoxy) is 1. The molecule has 1 saturated heterocycles. The van der Waals surface area contributed by atoms with Gasteiger partial charge in [0.05, 0.1) is 12.6 Å². The minimum Gasteiger partial charge on any atom is -0.444 e. The number of carbonyl (C=O) groups excluding carboxylic acids is 2. The van der Waals surface area contributed by atoms with Crippen LogP contribution in [0.3, 0.4) is 0 Å². The molecular formula is C12H19N3O3. The molecule has 1 rings (SSSR count). The van der Waals surface area contributed by atoms with Gasteiger partial charge in [0.2, 0.25) is 5.91 Å². The van der Waals surface area contributed by atoms with E-state index in [0.29, 0.717) is 19.5 Å². The van der Waals surface area contributed by atoms with Gasteiger partial charge in [-0.05, 0) is 20.8 Å². The normalized spacial score (nSPS) is 19.2. The fraction of sp³-hybridized carbons (Fsp3) is 0.750. The van der Waals surface area contributed by atoms with Gasteiger partial charge in [-0.3, -0.25) is 4.79 Å². The second kappa shape index (κ2) is 5.71. The van der Waals surface area contributed by atoms with Crippen molar-refractivity contribution in [2.45, 2.75) is 45.3 Å². The highest BCUT2D eigenvalue weighted by Crippen LogP contribution is 2.14. The molecule has 1 atom stereocenters. The average Bonchev–Trinajstić information content (AvgIpc) is 2.63. The fourth-order valence-electron chi connectivity index (χ4n) is 1.72. The predicted molar refractivity (Wildman–Crippen MR) is 64.6 cm³/mol. The molecule has 0 saturated carbocycles. The van der Waals surface area contributed by atoms with E-state index in [4.69, 9.17) is 10.00 Å². The maximum atomic E-state index is 11.5. The first kappa shape index (κ1) is 14.3. The smallest absolute Gasteiger partial charge is 0.407 e. The van der Waals surface area contributed by atoms with Crippen LogP contribution in [0.25, 0.3) is 0 Å². The van der Waals surface area contributed by atoms with Crippen LogP contribution in [0.5, 0.6) is 0 Å². The van der Waals surface area contributed by atoms with Crippen molar-refractivity contribution in [3.05, 3.63) is 0 Å². The maximum absolute atomic E-state index is 11.5. The number of amides is 2. The lowest BCUT2D eigenvalue weighted by atomic mass is 10.1. The molecule has 18 heavy (non-hydrogen) atoms. The lowest BCUT2D eigenvalue weighted by Crippen LogP contribution is -2.42. The first-order valence-electron chi connectivity index (χ1n) is 5.95. The van der Waals surface area contributed by atoms with Crippen LogP contribution < -0.4 is 5.32 Å². The van der Waals surface area contributed by atoms with Gasteiger partial charge in [-0.1, -0.05) is 0 Å². The molecular weight excluding hydrogens is 234 g/mol. The van der Waals surface area contributed by atoms with Crippen LogP contribution in [-0.2, 0) is 9.53 Å². The summed E-state index contributed by atoms with van der Waals surface area (Å²) in [5.41, 5.74) is -0.341. The lowest BCUT2D eigenvalue weighted by molar-refractivity contribution is -0.129. The molecule has 0 aliphatic carbocycles. The van der Waals surface area contributed by atoms with Gasteiger partial charge in [-0.15, -0.1) is 0 Å². The molecule has 1 aliphatic heterocycles. The summed E-state index contributed by atoms with van der Waals surface area (Å²) in [6, 6.07) is 1.82. The number of hydrogen-bond donors (Lipinski definition) is 1. The van der Waals surface area contributed by atoms with E-state index < -0.39 is 6.09 Å². The lowest BCUT2D eigenvalue weighted by Gasteiger charge is -2.22. The van der Waals surface area contributed by atoms with E-state index >= 15 is 0 Å². The molecule has 0 radical (unpaired) electrons. The van der Waals surface area contributed by atoms with Gasteiger partial charge in [0.25, 0.3) is 0 Å². The minimum atomic E-state index is -0.470. The van der Waals surface area contributed by atoms with Crippen molar-refractivity contribution < 1.29 is 14.3 Å². The summed E-state index contributed by atoms with van der Waals surface area (Å²) in [6.07, 6.45) is -0.257. The summed E-state index contributed by atoms with van der Waals surface area (Å²) in [4.78, 5) is 24.5. The Hall–Kier alpha value is -1.77. The molecule has 0 bridgehead atoms. The van der Waals surface area contributed by atoms with E-state index in [1.54, 1.807) is 4.90 Å².